The van der Waals surface area contributed by atoms with Gasteiger partial charge in [0.15, 0.2) is 0 Å². The summed E-state index contributed by atoms with van der Waals surface area (Å²) in [5.41, 5.74) is 2.29. The second kappa shape index (κ2) is 5.01. The molecule has 1 N–H and O–H groups in total. The summed E-state index contributed by atoms with van der Waals surface area (Å²) in [6, 6.07) is 7.27. The first-order valence-electron chi connectivity index (χ1n) is 5.08. The third kappa shape index (κ3) is 2.85. The highest BCUT2D eigenvalue weighted by Gasteiger charge is 2.11. The second-order valence-electron chi connectivity index (χ2n) is 3.58. The predicted molar refractivity (Wildman–Crippen MR) is 62.9 cm³/mol. The van der Waals surface area contributed by atoms with Crippen LogP contribution in [0.1, 0.15) is 12.1 Å². The molecule has 88 valence electrons. The Morgan fingerprint density at radius 2 is 2.29 bits per heavy atom. The van der Waals surface area contributed by atoms with Crippen LogP contribution >= 0.6 is 11.6 Å². The van der Waals surface area contributed by atoms with Crippen molar-refractivity contribution in [3.8, 4) is 11.1 Å². The van der Waals surface area contributed by atoms with Gasteiger partial charge in [-0.2, -0.15) is 0 Å². The molecule has 1 aromatic carbocycles. The molecule has 0 atom stereocenters. The van der Waals surface area contributed by atoms with E-state index in [0.717, 1.165) is 11.1 Å². The lowest BCUT2D eigenvalue weighted by molar-refractivity contribution is -0.136. The van der Waals surface area contributed by atoms with Crippen LogP contribution < -0.4 is 0 Å². The van der Waals surface area contributed by atoms with E-state index >= 15 is 0 Å². The van der Waals surface area contributed by atoms with E-state index in [-0.39, 0.29) is 6.42 Å². The van der Waals surface area contributed by atoms with Crippen LogP contribution in [0.15, 0.2) is 35.1 Å². The van der Waals surface area contributed by atoms with Gasteiger partial charge in [0.05, 0.1) is 12.1 Å². The molecule has 4 nitrogen and oxygen atoms in total. The number of hydrogen-bond donors (Lipinski definition) is 1. The molecular weight excluding hydrogens is 242 g/mol. The van der Waals surface area contributed by atoms with Gasteiger partial charge in [-0.15, -0.1) is 0 Å². The topological polar surface area (TPSA) is 63.3 Å². The molecule has 5 heteroatoms. The van der Waals surface area contributed by atoms with Crippen molar-refractivity contribution in [3.05, 3.63) is 41.2 Å². The number of aryl methyl sites for hydroxylation is 1. The van der Waals surface area contributed by atoms with Crippen LogP contribution in [0.5, 0.6) is 0 Å². The molecule has 0 radical (unpaired) electrons. The van der Waals surface area contributed by atoms with Crippen LogP contribution in [-0.2, 0) is 11.2 Å². The van der Waals surface area contributed by atoms with Gasteiger partial charge in [0.25, 0.3) is 0 Å². The van der Waals surface area contributed by atoms with E-state index in [4.69, 9.17) is 21.2 Å². The molecule has 0 unspecified atom stereocenters. The molecule has 0 aliphatic rings. The van der Waals surface area contributed by atoms with Gasteiger partial charge in [-0.25, -0.2) is 0 Å². The van der Waals surface area contributed by atoms with Gasteiger partial charge in [-0.3, -0.25) is 4.79 Å². The average Bonchev–Trinajstić information content (AvgIpc) is 2.74. The molecule has 1 heterocycles. The van der Waals surface area contributed by atoms with Crippen LogP contribution in [0.2, 0.25) is 5.02 Å². The molecule has 1 aromatic heterocycles. The highest BCUT2D eigenvalue weighted by molar-refractivity contribution is 6.30. The van der Waals surface area contributed by atoms with Gasteiger partial charge >= 0.3 is 5.97 Å². The summed E-state index contributed by atoms with van der Waals surface area (Å²) >= 11 is 5.90. The van der Waals surface area contributed by atoms with Gasteiger partial charge in [0.2, 0.25) is 0 Å². The summed E-state index contributed by atoms with van der Waals surface area (Å²) in [4.78, 5) is 10.5. The molecule has 0 aliphatic heterocycles. The molecule has 0 amide bonds. The van der Waals surface area contributed by atoms with Gasteiger partial charge in [-0.05, 0) is 17.7 Å². The number of halogens is 1. The summed E-state index contributed by atoms with van der Waals surface area (Å²) in [6.07, 6.45) is 1.87. The van der Waals surface area contributed by atoms with Crippen molar-refractivity contribution < 1.29 is 14.4 Å². The summed E-state index contributed by atoms with van der Waals surface area (Å²) < 4.78 is 4.89. The van der Waals surface area contributed by atoms with E-state index in [9.17, 15) is 4.79 Å². The lowest BCUT2D eigenvalue weighted by Gasteiger charge is -2.00. The number of aromatic nitrogens is 1. The number of aliphatic carboxylic acids is 1. The van der Waals surface area contributed by atoms with Crippen LogP contribution in [0, 0.1) is 0 Å². The largest absolute Gasteiger partial charge is 0.481 e. The minimum Gasteiger partial charge on any atom is -0.481 e. The molecule has 0 saturated carbocycles. The molecule has 17 heavy (non-hydrogen) atoms. The molecule has 2 rings (SSSR count). The normalized spacial score (nSPS) is 10.4. The molecule has 0 aliphatic carbocycles. The number of rotatable bonds is 4. The van der Waals surface area contributed by atoms with Crippen LogP contribution in [-0.4, -0.2) is 16.2 Å². The number of hydrogen-bond acceptors (Lipinski definition) is 3. The molecule has 0 saturated heterocycles. The summed E-state index contributed by atoms with van der Waals surface area (Å²) in [7, 11) is 0. The van der Waals surface area contributed by atoms with Crippen molar-refractivity contribution in [1.82, 2.24) is 5.16 Å². The standard InChI is InChI=1S/C12H10ClNO3/c13-9-3-1-2-8(6-9)10-7-17-14-11(10)4-5-12(15)16/h1-3,6-7H,4-5H2,(H,15,16). The average molecular weight is 252 g/mol. The minimum absolute atomic E-state index is 0.0279. The monoisotopic (exact) mass is 251 g/mol. The van der Waals surface area contributed by atoms with E-state index in [2.05, 4.69) is 5.16 Å². The zero-order valence-corrected chi connectivity index (χ0v) is 9.65. The van der Waals surface area contributed by atoms with Gasteiger partial charge < -0.3 is 9.63 Å². The van der Waals surface area contributed by atoms with E-state index < -0.39 is 5.97 Å². The summed E-state index contributed by atoms with van der Waals surface area (Å²) in [5.74, 6) is -0.856. The van der Waals surface area contributed by atoms with Crippen molar-refractivity contribution in [3.63, 3.8) is 0 Å². The number of carbonyl (C=O) groups is 1. The Labute approximate surface area is 103 Å². The van der Waals surface area contributed by atoms with Gasteiger partial charge in [0.1, 0.15) is 6.26 Å². The number of carboxylic acid groups (broad SMARTS) is 1. The van der Waals surface area contributed by atoms with Crippen molar-refractivity contribution in [2.75, 3.05) is 0 Å². The predicted octanol–water partition coefficient (Wildman–Crippen LogP) is 3.01. The zero-order chi connectivity index (χ0) is 12.3. The maximum atomic E-state index is 10.5. The van der Waals surface area contributed by atoms with Crippen molar-refractivity contribution in [2.24, 2.45) is 0 Å². The summed E-state index contributed by atoms with van der Waals surface area (Å²) in [5, 5.41) is 13.1. The number of benzene rings is 1. The second-order valence-corrected chi connectivity index (χ2v) is 4.02. The Bertz CT molecular complexity index is 536. The quantitative estimate of drug-likeness (QED) is 0.907. The Balaban J connectivity index is 2.27. The first-order valence-corrected chi connectivity index (χ1v) is 5.45. The van der Waals surface area contributed by atoms with E-state index in [1.165, 1.54) is 6.26 Å². The molecular formula is C12H10ClNO3. The van der Waals surface area contributed by atoms with Crippen molar-refractivity contribution in [1.29, 1.82) is 0 Å². The van der Waals surface area contributed by atoms with Gasteiger partial charge in [-0.1, -0.05) is 28.9 Å². The van der Waals surface area contributed by atoms with Crippen LogP contribution in [0.25, 0.3) is 11.1 Å². The molecule has 0 fully saturated rings. The third-order valence-corrected chi connectivity index (χ3v) is 2.59. The SMILES string of the molecule is O=C(O)CCc1nocc1-c1cccc(Cl)c1. The van der Waals surface area contributed by atoms with E-state index in [1.54, 1.807) is 12.1 Å². The van der Waals surface area contributed by atoms with Gasteiger partial charge in [0, 0.05) is 17.0 Å². The van der Waals surface area contributed by atoms with E-state index in [0.29, 0.717) is 17.1 Å². The van der Waals surface area contributed by atoms with Crippen LogP contribution in [0.4, 0.5) is 0 Å². The third-order valence-electron chi connectivity index (χ3n) is 2.36. The summed E-state index contributed by atoms with van der Waals surface area (Å²) in [6.45, 7) is 0. The Kier molecular flexibility index (Phi) is 3.44. The first-order chi connectivity index (χ1) is 8.16. The number of carboxylic acids is 1. The smallest absolute Gasteiger partial charge is 0.303 e. The highest BCUT2D eigenvalue weighted by atomic mass is 35.5. The fourth-order valence-electron chi connectivity index (χ4n) is 1.56. The fourth-order valence-corrected chi connectivity index (χ4v) is 1.75. The molecule has 2 aromatic rings. The minimum atomic E-state index is -0.856. The van der Waals surface area contributed by atoms with Crippen molar-refractivity contribution >= 4 is 17.6 Å². The molecule has 0 spiro atoms. The number of nitrogens with zero attached hydrogens (tertiary/aromatic N) is 1. The zero-order valence-electron chi connectivity index (χ0n) is 8.89. The maximum Gasteiger partial charge on any atom is 0.303 e. The lowest BCUT2D eigenvalue weighted by atomic mass is 10.0. The fraction of sp³-hybridized carbons (Fsp3) is 0.167. The van der Waals surface area contributed by atoms with E-state index in [1.807, 2.05) is 12.1 Å². The Hall–Kier alpha value is -1.81. The van der Waals surface area contributed by atoms with Crippen LogP contribution in [0.3, 0.4) is 0 Å². The lowest BCUT2D eigenvalue weighted by Crippen LogP contribution is -1.98. The Morgan fingerprint density at radius 1 is 1.47 bits per heavy atom. The first kappa shape index (κ1) is 11.7. The van der Waals surface area contributed by atoms with Crippen molar-refractivity contribution in [2.45, 2.75) is 12.8 Å². The molecule has 0 bridgehead atoms. The Morgan fingerprint density at radius 3 is 3.00 bits per heavy atom. The maximum absolute atomic E-state index is 10.5. The highest BCUT2D eigenvalue weighted by Crippen LogP contribution is 2.26.